The lowest BCUT2D eigenvalue weighted by Crippen LogP contribution is -2.28. The Kier molecular flexibility index (Phi) is 6.29. The molecular weight excluding hydrogens is 360 g/mol. The molecule has 0 saturated carbocycles. The van der Waals surface area contributed by atoms with Gasteiger partial charge in [0.2, 0.25) is 11.8 Å². The molecular formula is C21H22N2O3S. The van der Waals surface area contributed by atoms with Gasteiger partial charge in [0.05, 0.1) is 6.54 Å². The summed E-state index contributed by atoms with van der Waals surface area (Å²) in [6.07, 6.45) is 0.583. The number of hydrogen-bond acceptors (Lipinski definition) is 4. The highest BCUT2D eigenvalue weighted by molar-refractivity contribution is 7.99. The lowest BCUT2D eigenvalue weighted by molar-refractivity contribution is -0.139. The van der Waals surface area contributed by atoms with Gasteiger partial charge in [0.25, 0.3) is 5.91 Å². The normalized spacial score (nSPS) is 13.9. The molecule has 1 heterocycles. The zero-order valence-corrected chi connectivity index (χ0v) is 16.1. The van der Waals surface area contributed by atoms with Crippen LogP contribution in [-0.2, 0) is 16.1 Å². The van der Waals surface area contributed by atoms with Crippen LogP contribution in [0.4, 0.5) is 0 Å². The van der Waals surface area contributed by atoms with Crippen LogP contribution >= 0.6 is 11.8 Å². The number of carbonyl (C=O) groups is 3. The zero-order valence-electron chi connectivity index (χ0n) is 15.2. The maximum Gasteiger partial charge on any atom is 0.251 e. The molecule has 0 atom stereocenters. The number of aryl methyl sites for hydroxylation is 1. The summed E-state index contributed by atoms with van der Waals surface area (Å²) in [5.41, 5.74) is 2.64. The van der Waals surface area contributed by atoms with Gasteiger partial charge < -0.3 is 5.32 Å². The molecule has 3 rings (SSSR count). The molecule has 0 aliphatic carbocycles. The van der Waals surface area contributed by atoms with Crippen LogP contribution in [0.2, 0.25) is 0 Å². The summed E-state index contributed by atoms with van der Waals surface area (Å²) < 4.78 is 0. The lowest BCUT2D eigenvalue weighted by Gasteiger charge is -2.14. The third kappa shape index (κ3) is 5.20. The predicted molar refractivity (Wildman–Crippen MR) is 105 cm³/mol. The van der Waals surface area contributed by atoms with Gasteiger partial charge in [0, 0.05) is 35.6 Å². The minimum absolute atomic E-state index is 0.126. The Bertz CT molecular complexity index is 816. The van der Waals surface area contributed by atoms with Crippen molar-refractivity contribution < 1.29 is 14.4 Å². The van der Waals surface area contributed by atoms with E-state index in [9.17, 15) is 14.4 Å². The minimum atomic E-state index is -0.132. The molecule has 2 aromatic rings. The van der Waals surface area contributed by atoms with Crippen molar-refractivity contribution in [3.05, 3.63) is 65.2 Å². The molecule has 5 nitrogen and oxygen atoms in total. The molecule has 0 unspecified atom stereocenters. The highest BCUT2D eigenvalue weighted by atomic mass is 32.2. The van der Waals surface area contributed by atoms with Crippen molar-refractivity contribution in [1.82, 2.24) is 10.2 Å². The van der Waals surface area contributed by atoms with Gasteiger partial charge in [-0.05, 0) is 36.8 Å². The van der Waals surface area contributed by atoms with Crippen LogP contribution in [0.25, 0.3) is 0 Å². The SMILES string of the molecule is Cc1ccc(SCCNC(=O)c2ccc(CN3C(=O)CCC3=O)cc2)cc1. The summed E-state index contributed by atoms with van der Waals surface area (Å²) >= 11 is 1.70. The largest absolute Gasteiger partial charge is 0.351 e. The molecule has 1 fully saturated rings. The number of rotatable bonds is 7. The molecule has 0 aromatic heterocycles. The number of hydrogen-bond donors (Lipinski definition) is 1. The average Bonchev–Trinajstić information content (AvgIpc) is 2.99. The van der Waals surface area contributed by atoms with E-state index in [0.717, 1.165) is 11.3 Å². The fraction of sp³-hybridized carbons (Fsp3) is 0.286. The molecule has 1 N–H and O–H groups in total. The second kappa shape index (κ2) is 8.86. The smallest absolute Gasteiger partial charge is 0.251 e. The van der Waals surface area contributed by atoms with Crippen molar-refractivity contribution in [3.8, 4) is 0 Å². The first-order valence-electron chi connectivity index (χ1n) is 8.93. The number of nitrogens with zero attached hydrogens (tertiary/aromatic N) is 1. The van der Waals surface area contributed by atoms with E-state index in [4.69, 9.17) is 0 Å². The molecule has 0 spiro atoms. The van der Waals surface area contributed by atoms with Gasteiger partial charge in [-0.25, -0.2) is 0 Å². The maximum absolute atomic E-state index is 12.2. The standard InChI is InChI=1S/C21H22N2O3S/c1-15-2-8-18(9-3-15)27-13-12-22-21(26)17-6-4-16(5-7-17)14-23-19(24)10-11-20(23)25/h2-9H,10-14H2,1H3,(H,22,26). The molecule has 0 radical (unpaired) electrons. The number of carbonyl (C=O) groups excluding carboxylic acids is 3. The number of benzene rings is 2. The summed E-state index contributed by atoms with van der Waals surface area (Å²) in [6.45, 7) is 2.91. The molecule has 140 valence electrons. The van der Waals surface area contributed by atoms with Gasteiger partial charge >= 0.3 is 0 Å². The Labute approximate surface area is 163 Å². The summed E-state index contributed by atoms with van der Waals surface area (Å²) in [4.78, 5) is 38.0. The van der Waals surface area contributed by atoms with Gasteiger partial charge in [-0.15, -0.1) is 11.8 Å². The van der Waals surface area contributed by atoms with Crippen LogP contribution < -0.4 is 5.32 Å². The first-order valence-corrected chi connectivity index (χ1v) is 9.91. The summed E-state index contributed by atoms with van der Waals surface area (Å²) in [7, 11) is 0. The monoisotopic (exact) mass is 382 g/mol. The number of likely N-dealkylation sites (tertiary alicyclic amines) is 1. The van der Waals surface area contributed by atoms with Gasteiger partial charge in [-0.1, -0.05) is 29.8 Å². The summed E-state index contributed by atoms with van der Waals surface area (Å²) in [5, 5.41) is 2.91. The number of nitrogens with one attached hydrogen (secondary N) is 1. The van der Waals surface area contributed by atoms with E-state index >= 15 is 0 Å². The van der Waals surface area contributed by atoms with Crippen LogP contribution in [0.3, 0.4) is 0 Å². The van der Waals surface area contributed by atoms with Crippen LogP contribution in [0.15, 0.2) is 53.4 Å². The Morgan fingerprint density at radius 2 is 1.63 bits per heavy atom. The van der Waals surface area contributed by atoms with Crippen LogP contribution in [-0.4, -0.2) is 34.9 Å². The molecule has 1 aliphatic rings. The second-order valence-corrected chi connectivity index (χ2v) is 7.66. The van der Waals surface area contributed by atoms with E-state index < -0.39 is 0 Å². The van der Waals surface area contributed by atoms with Gasteiger partial charge in [0.15, 0.2) is 0 Å². The van der Waals surface area contributed by atoms with E-state index in [1.54, 1.807) is 36.0 Å². The van der Waals surface area contributed by atoms with Crippen molar-refractivity contribution in [1.29, 1.82) is 0 Å². The number of thioether (sulfide) groups is 1. The Morgan fingerprint density at radius 3 is 2.26 bits per heavy atom. The van der Waals surface area contributed by atoms with E-state index in [1.807, 2.05) is 0 Å². The van der Waals surface area contributed by atoms with Crippen LogP contribution in [0.1, 0.15) is 34.3 Å². The van der Waals surface area contributed by atoms with Crippen molar-refractivity contribution in [2.45, 2.75) is 31.2 Å². The van der Waals surface area contributed by atoms with Crippen LogP contribution in [0, 0.1) is 6.92 Å². The third-order valence-electron chi connectivity index (χ3n) is 4.39. The quantitative estimate of drug-likeness (QED) is 0.454. The lowest BCUT2D eigenvalue weighted by atomic mass is 10.1. The second-order valence-electron chi connectivity index (χ2n) is 6.49. The zero-order chi connectivity index (χ0) is 19.2. The Morgan fingerprint density at radius 1 is 1.00 bits per heavy atom. The van der Waals surface area contributed by atoms with E-state index in [2.05, 4.69) is 36.5 Å². The third-order valence-corrected chi connectivity index (χ3v) is 5.40. The summed E-state index contributed by atoms with van der Waals surface area (Å²) in [6, 6.07) is 15.3. The van der Waals surface area contributed by atoms with Crippen molar-refractivity contribution in [2.24, 2.45) is 0 Å². The van der Waals surface area contributed by atoms with Crippen molar-refractivity contribution >= 4 is 29.5 Å². The van der Waals surface area contributed by atoms with Gasteiger partial charge in [0.1, 0.15) is 0 Å². The van der Waals surface area contributed by atoms with E-state index in [1.165, 1.54) is 15.4 Å². The molecule has 27 heavy (non-hydrogen) atoms. The first kappa shape index (κ1) is 19.2. The first-order chi connectivity index (χ1) is 13.0. The van der Waals surface area contributed by atoms with Gasteiger partial charge in [-0.2, -0.15) is 0 Å². The number of amides is 3. The molecule has 3 amide bonds. The molecule has 1 saturated heterocycles. The van der Waals surface area contributed by atoms with E-state index in [0.29, 0.717) is 24.9 Å². The fourth-order valence-electron chi connectivity index (χ4n) is 2.81. The molecule has 0 bridgehead atoms. The van der Waals surface area contributed by atoms with Crippen molar-refractivity contribution in [3.63, 3.8) is 0 Å². The fourth-order valence-corrected chi connectivity index (χ4v) is 3.58. The van der Waals surface area contributed by atoms with Gasteiger partial charge in [-0.3, -0.25) is 19.3 Å². The van der Waals surface area contributed by atoms with Crippen LogP contribution in [0.5, 0.6) is 0 Å². The average molecular weight is 382 g/mol. The topological polar surface area (TPSA) is 66.5 Å². The highest BCUT2D eigenvalue weighted by Crippen LogP contribution is 2.18. The molecule has 1 aliphatic heterocycles. The van der Waals surface area contributed by atoms with E-state index in [-0.39, 0.29) is 24.3 Å². The number of imide groups is 1. The molecule has 2 aromatic carbocycles. The maximum atomic E-state index is 12.2. The Balaban J connectivity index is 1.45. The molecule has 6 heteroatoms. The predicted octanol–water partition coefficient (Wildman–Crippen LogP) is 3.17. The Hall–Kier alpha value is -2.60. The highest BCUT2D eigenvalue weighted by Gasteiger charge is 2.28. The van der Waals surface area contributed by atoms with Crippen molar-refractivity contribution in [2.75, 3.05) is 12.3 Å². The minimum Gasteiger partial charge on any atom is -0.351 e. The summed E-state index contributed by atoms with van der Waals surface area (Å²) in [5.74, 6) is 0.409.